The molecule has 0 aromatic heterocycles. The van der Waals surface area contributed by atoms with Crippen LogP contribution >= 0.6 is 0 Å². The summed E-state index contributed by atoms with van der Waals surface area (Å²) in [6, 6.07) is 17.3. The number of rotatable bonds is 4. The zero-order chi connectivity index (χ0) is 13.0. The summed E-state index contributed by atoms with van der Waals surface area (Å²) >= 11 is 0. The quantitative estimate of drug-likeness (QED) is 0.879. The number of quaternary nitrogens is 1. The molecule has 3 N–H and O–H groups in total. The molecule has 2 heteroatoms. The number of benzene rings is 2. The van der Waals surface area contributed by atoms with Crippen molar-refractivity contribution in [2.24, 2.45) is 0 Å². The molecule has 0 aliphatic rings. The molecule has 0 spiro atoms. The third-order valence-electron chi connectivity index (χ3n) is 2.94. The number of methoxy groups -OCH3 is 1. The van der Waals surface area contributed by atoms with Gasteiger partial charge in [0, 0.05) is 6.42 Å². The van der Waals surface area contributed by atoms with Crippen molar-refractivity contribution in [3.63, 3.8) is 0 Å². The standard InChI is InChI=1S/C16H19NO/c1-12(17)10-13-6-8-14(9-7-13)15-4-3-5-16(11-15)18-2/h3-9,11-12H,10,17H2,1-2H3/p+1/t12-/m1/s1. The highest BCUT2D eigenvalue weighted by molar-refractivity contribution is 5.65. The summed E-state index contributed by atoms with van der Waals surface area (Å²) in [5, 5.41) is 0. The molecular formula is C16H20NO+. The largest absolute Gasteiger partial charge is 0.497 e. The lowest BCUT2D eigenvalue weighted by Crippen LogP contribution is -2.60. The smallest absolute Gasteiger partial charge is 0.119 e. The molecule has 0 aliphatic carbocycles. The van der Waals surface area contributed by atoms with Gasteiger partial charge >= 0.3 is 0 Å². The number of ether oxygens (including phenoxy) is 1. The maximum absolute atomic E-state index is 5.24. The minimum atomic E-state index is 0.452. The normalized spacial score (nSPS) is 12.2. The van der Waals surface area contributed by atoms with Gasteiger partial charge in [-0.2, -0.15) is 0 Å². The fraction of sp³-hybridized carbons (Fsp3) is 0.250. The number of hydrogen-bond donors (Lipinski definition) is 1. The minimum absolute atomic E-state index is 0.452. The molecule has 2 nitrogen and oxygen atoms in total. The van der Waals surface area contributed by atoms with E-state index in [9.17, 15) is 0 Å². The van der Waals surface area contributed by atoms with Crippen LogP contribution in [0.2, 0.25) is 0 Å². The lowest BCUT2D eigenvalue weighted by atomic mass is 10.0. The van der Waals surface area contributed by atoms with E-state index in [0.29, 0.717) is 6.04 Å². The molecule has 2 aromatic carbocycles. The lowest BCUT2D eigenvalue weighted by Gasteiger charge is -2.07. The molecule has 1 atom stereocenters. The summed E-state index contributed by atoms with van der Waals surface area (Å²) in [6.07, 6.45) is 1.03. The fourth-order valence-corrected chi connectivity index (χ4v) is 2.04. The van der Waals surface area contributed by atoms with Gasteiger partial charge in [-0.3, -0.25) is 0 Å². The lowest BCUT2D eigenvalue weighted by molar-refractivity contribution is -0.413. The van der Waals surface area contributed by atoms with Crippen LogP contribution in [0.15, 0.2) is 48.5 Å². The van der Waals surface area contributed by atoms with Crippen LogP contribution in [0.4, 0.5) is 0 Å². The van der Waals surface area contributed by atoms with E-state index < -0.39 is 0 Å². The molecule has 0 amide bonds. The van der Waals surface area contributed by atoms with Crippen molar-refractivity contribution in [3.8, 4) is 16.9 Å². The Labute approximate surface area is 108 Å². The van der Waals surface area contributed by atoms with Gasteiger partial charge in [-0.25, -0.2) is 0 Å². The molecule has 0 heterocycles. The molecule has 0 fully saturated rings. The Balaban J connectivity index is 2.22. The van der Waals surface area contributed by atoms with Crippen molar-refractivity contribution in [1.29, 1.82) is 0 Å². The highest BCUT2D eigenvalue weighted by Crippen LogP contribution is 2.24. The second kappa shape index (κ2) is 5.69. The van der Waals surface area contributed by atoms with Gasteiger partial charge in [0.05, 0.1) is 13.2 Å². The molecule has 0 radical (unpaired) electrons. The fourth-order valence-electron chi connectivity index (χ4n) is 2.04. The van der Waals surface area contributed by atoms with E-state index in [4.69, 9.17) is 4.74 Å². The van der Waals surface area contributed by atoms with E-state index >= 15 is 0 Å². The van der Waals surface area contributed by atoms with E-state index in [1.807, 2.05) is 12.1 Å². The van der Waals surface area contributed by atoms with Crippen molar-refractivity contribution in [2.45, 2.75) is 19.4 Å². The first-order valence-corrected chi connectivity index (χ1v) is 6.25. The van der Waals surface area contributed by atoms with Gasteiger partial charge in [-0.05, 0) is 35.7 Å². The van der Waals surface area contributed by atoms with E-state index in [-0.39, 0.29) is 0 Å². The third kappa shape index (κ3) is 3.11. The van der Waals surface area contributed by atoms with Crippen LogP contribution in [0.25, 0.3) is 11.1 Å². The Morgan fingerprint density at radius 1 is 1.06 bits per heavy atom. The molecule has 2 aromatic rings. The Morgan fingerprint density at radius 2 is 1.78 bits per heavy atom. The molecule has 0 aliphatic heterocycles. The van der Waals surface area contributed by atoms with E-state index in [1.54, 1.807) is 7.11 Å². The second-order valence-corrected chi connectivity index (χ2v) is 4.74. The van der Waals surface area contributed by atoms with Gasteiger partial charge in [-0.15, -0.1) is 0 Å². The average Bonchev–Trinajstić information content (AvgIpc) is 2.39. The van der Waals surface area contributed by atoms with Crippen LogP contribution in [0.5, 0.6) is 5.75 Å². The molecule has 94 valence electrons. The third-order valence-corrected chi connectivity index (χ3v) is 2.94. The number of hydrogen-bond acceptors (Lipinski definition) is 1. The Kier molecular flexibility index (Phi) is 4.00. The SMILES string of the molecule is COc1cccc(-c2ccc(C[C@@H](C)[NH3+])cc2)c1. The zero-order valence-electron chi connectivity index (χ0n) is 11.0. The monoisotopic (exact) mass is 242 g/mol. The molecule has 0 bridgehead atoms. The first-order chi connectivity index (χ1) is 8.69. The van der Waals surface area contributed by atoms with Crippen molar-refractivity contribution in [1.82, 2.24) is 0 Å². The maximum atomic E-state index is 5.24. The van der Waals surface area contributed by atoms with E-state index in [0.717, 1.165) is 12.2 Å². The van der Waals surface area contributed by atoms with Crippen molar-refractivity contribution in [2.75, 3.05) is 7.11 Å². The van der Waals surface area contributed by atoms with Crippen LogP contribution in [-0.4, -0.2) is 13.2 Å². The summed E-state index contributed by atoms with van der Waals surface area (Å²) in [4.78, 5) is 0. The highest BCUT2D eigenvalue weighted by atomic mass is 16.5. The first kappa shape index (κ1) is 12.7. The molecular weight excluding hydrogens is 222 g/mol. The van der Waals surface area contributed by atoms with Gasteiger partial charge in [-0.1, -0.05) is 36.4 Å². The zero-order valence-corrected chi connectivity index (χ0v) is 11.0. The molecule has 2 rings (SSSR count). The summed E-state index contributed by atoms with van der Waals surface area (Å²) in [5.74, 6) is 0.892. The molecule has 0 saturated carbocycles. The summed E-state index contributed by atoms with van der Waals surface area (Å²) in [5.41, 5.74) is 7.76. The minimum Gasteiger partial charge on any atom is -0.497 e. The topological polar surface area (TPSA) is 36.9 Å². The van der Waals surface area contributed by atoms with E-state index in [1.165, 1.54) is 16.7 Å². The Morgan fingerprint density at radius 3 is 2.39 bits per heavy atom. The predicted molar refractivity (Wildman–Crippen MR) is 74.5 cm³/mol. The molecule has 0 saturated heterocycles. The summed E-state index contributed by atoms with van der Waals surface area (Å²) in [6.45, 7) is 2.13. The average molecular weight is 242 g/mol. The van der Waals surface area contributed by atoms with Crippen molar-refractivity contribution in [3.05, 3.63) is 54.1 Å². The van der Waals surface area contributed by atoms with Gasteiger partial charge in [0.15, 0.2) is 0 Å². The van der Waals surface area contributed by atoms with Gasteiger partial charge in [0.25, 0.3) is 0 Å². The highest BCUT2D eigenvalue weighted by Gasteiger charge is 2.02. The Bertz CT molecular complexity index is 503. The molecule has 0 unspecified atom stereocenters. The molecule has 18 heavy (non-hydrogen) atoms. The second-order valence-electron chi connectivity index (χ2n) is 4.74. The van der Waals surface area contributed by atoms with Crippen LogP contribution in [0, 0.1) is 0 Å². The van der Waals surface area contributed by atoms with Gasteiger partial charge in [0.1, 0.15) is 5.75 Å². The van der Waals surface area contributed by atoms with Crippen molar-refractivity contribution >= 4 is 0 Å². The Hall–Kier alpha value is -1.80. The maximum Gasteiger partial charge on any atom is 0.119 e. The van der Waals surface area contributed by atoms with Crippen LogP contribution in [0.1, 0.15) is 12.5 Å². The van der Waals surface area contributed by atoms with Crippen molar-refractivity contribution < 1.29 is 10.5 Å². The summed E-state index contributed by atoms with van der Waals surface area (Å²) in [7, 11) is 1.69. The predicted octanol–water partition coefficient (Wildman–Crippen LogP) is 2.54. The van der Waals surface area contributed by atoms with Gasteiger partial charge in [0.2, 0.25) is 0 Å². The van der Waals surface area contributed by atoms with Gasteiger partial charge < -0.3 is 10.5 Å². The first-order valence-electron chi connectivity index (χ1n) is 6.25. The van der Waals surface area contributed by atoms with Crippen LogP contribution in [0.3, 0.4) is 0 Å². The summed E-state index contributed by atoms with van der Waals surface area (Å²) < 4.78 is 5.24. The van der Waals surface area contributed by atoms with Crippen LogP contribution in [-0.2, 0) is 6.42 Å². The van der Waals surface area contributed by atoms with Crippen LogP contribution < -0.4 is 10.5 Å². The van der Waals surface area contributed by atoms with E-state index in [2.05, 4.69) is 49.1 Å².